The SMILES string of the molecule is Cc1cc(OC(F)F)c(C(=O)NCCOCC(=O)O)s1. The summed E-state index contributed by atoms with van der Waals surface area (Å²) in [5, 5.41) is 10.8. The van der Waals surface area contributed by atoms with Gasteiger partial charge in [-0.15, -0.1) is 11.3 Å². The summed E-state index contributed by atoms with van der Waals surface area (Å²) < 4.78 is 33.3. The lowest BCUT2D eigenvalue weighted by atomic mass is 10.4. The van der Waals surface area contributed by atoms with Crippen LogP contribution in [0, 0.1) is 6.92 Å². The summed E-state index contributed by atoms with van der Waals surface area (Å²) in [5.41, 5.74) is 0. The largest absolute Gasteiger partial charge is 0.480 e. The molecule has 20 heavy (non-hydrogen) atoms. The predicted octanol–water partition coefficient (Wildman–Crippen LogP) is 1.49. The van der Waals surface area contributed by atoms with Crippen molar-refractivity contribution in [2.45, 2.75) is 13.5 Å². The molecule has 1 aromatic heterocycles. The zero-order chi connectivity index (χ0) is 15.1. The van der Waals surface area contributed by atoms with Gasteiger partial charge in [0.1, 0.15) is 17.2 Å². The average molecular weight is 309 g/mol. The molecule has 1 heterocycles. The number of thiophene rings is 1. The highest BCUT2D eigenvalue weighted by Crippen LogP contribution is 2.29. The lowest BCUT2D eigenvalue weighted by Gasteiger charge is -2.07. The number of nitrogens with one attached hydrogen (secondary N) is 1. The molecule has 0 aliphatic carbocycles. The molecule has 9 heteroatoms. The van der Waals surface area contributed by atoms with Crippen molar-refractivity contribution in [3.05, 3.63) is 15.8 Å². The Morgan fingerprint density at radius 2 is 2.20 bits per heavy atom. The van der Waals surface area contributed by atoms with Crippen LogP contribution in [0.3, 0.4) is 0 Å². The third kappa shape index (κ3) is 5.49. The first kappa shape index (κ1) is 16.3. The van der Waals surface area contributed by atoms with Crippen molar-refractivity contribution in [1.82, 2.24) is 5.32 Å². The minimum atomic E-state index is -3.01. The minimum absolute atomic E-state index is 0.00738. The van der Waals surface area contributed by atoms with Gasteiger partial charge in [-0.3, -0.25) is 4.79 Å². The van der Waals surface area contributed by atoms with Crippen LogP contribution in [0.1, 0.15) is 14.5 Å². The van der Waals surface area contributed by atoms with Crippen molar-refractivity contribution >= 4 is 23.2 Å². The Bertz CT molecular complexity index is 477. The Kier molecular flexibility index (Phi) is 6.32. The number of carboxylic acid groups (broad SMARTS) is 1. The molecule has 6 nitrogen and oxygen atoms in total. The Morgan fingerprint density at radius 3 is 2.80 bits per heavy atom. The van der Waals surface area contributed by atoms with Gasteiger partial charge in [-0.1, -0.05) is 0 Å². The van der Waals surface area contributed by atoms with Crippen LogP contribution in [0.15, 0.2) is 6.07 Å². The van der Waals surface area contributed by atoms with Crippen LogP contribution >= 0.6 is 11.3 Å². The molecule has 0 aliphatic heterocycles. The van der Waals surface area contributed by atoms with Crippen molar-refractivity contribution < 1.29 is 33.0 Å². The Labute approximate surface area is 117 Å². The number of aliphatic carboxylic acids is 1. The smallest absolute Gasteiger partial charge is 0.387 e. The van der Waals surface area contributed by atoms with E-state index in [0.717, 1.165) is 11.3 Å². The van der Waals surface area contributed by atoms with E-state index in [-0.39, 0.29) is 23.8 Å². The Hall–Kier alpha value is -1.74. The van der Waals surface area contributed by atoms with Gasteiger partial charge in [0.25, 0.3) is 5.91 Å². The molecular formula is C11H13F2NO5S. The van der Waals surface area contributed by atoms with Crippen molar-refractivity contribution in [3.8, 4) is 5.75 Å². The zero-order valence-corrected chi connectivity index (χ0v) is 11.3. The third-order valence-electron chi connectivity index (χ3n) is 2.00. The maximum Gasteiger partial charge on any atom is 0.387 e. The molecule has 1 rings (SSSR count). The fourth-order valence-corrected chi connectivity index (χ4v) is 2.17. The number of carboxylic acids is 1. The number of hydrogen-bond donors (Lipinski definition) is 2. The lowest BCUT2D eigenvalue weighted by Crippen LogP contribution is -2.27. The summed E-state index contributed by atoms with van der Waals surface area (Å²) >= 11 is 1.03. The standard InChI is InChI=1S/C11H13F2NO5S/c1-6-4-7(19-11(12)13)9(20-6)10(17)14-2-3-18-5-8(15)16/h4,11H,2-3,5H2,1H3,(H,14,17)(H,15,16). The number of carbonyl (C=O) groups is 2. The molecule has 1 aromatic rings. The molecule has 0 saturated carbocycles. The number of rotatable bonds is 8. The average Bonchev–Trinajstić information content (AvgIpc) is 2.68. The summed E-state index contributed by atoms with van der Waals surface area (Å²) in [5.74, 6) is -1.86. The number of aryl methyl sites for hydroxylation is 1. The second-order valence-electron chi connectivity index (χ2n) is 3.63. The van der Waals surface area contributed by atoms with Gasteiger partial charge >= 0.3 is 12.6 Å². The van der Waals surface area contributed by atoms with E-state index in [1.54, 1.807) is 6.92 Å². The van der Waals surface area contributed by atoms with E-state index in [0.29, 0.717) is 4.88 Å². The maximum absolute atomic E-state index is 12.2. The van der Waals surface area contributed by atoms with E-state index in [2.05, 4.69) is 10.1 Å². The molecule has 0 radical (unpaired) electrons. The molecule has 0 spiro atoms. The lowest BCUT2D eigenvalue weighted by molar-refractivity contribution is -0.142. The van der Waals surface area contributed by atoms with Crippen molar-refractivity contribution in [1.29, 1.82) is 0 Å². The van der Waals surface area contributed by atoms with Gasteiger partial charge in [-0.25, -0.2) is 4.79 Å². The van der Waals surface area contributed by atoms with Crippen LogP contribution in [-0.2, 0) is 9.53 Å². The molecule has 0 fully saturated rings. The third-order valence-corrected chi connectivity index (χ3v) is 3.03. The summed E-state index contributed by atoms with van der Waals surface area (Å²) in [4.78, 5) is 22.6. The molecule has 0 bridgehead atoms. The van der Waals surface area contributed by atoms with E-state index in [9.17, 15) is 18.4 Å². The molecule has 0 atom stereocenters. The van der Waals surface area contributed by atoms with E-state index in [1.807, 2.05) is 0 Å². The van der Waals surface area contributed by atoms with Gasteiger partial charge in [0.05, 0.1) is 6.61 Å². The van der Waals surface area contributed by atoms with Crippen molar-refractivity contribution in [2.24, 2.45) is 0 Å². The van der Waals surface area contributed by atoms with Gasteiger partial charge in [0, 0.05) is 11.4 Å². The number of carbonyl (C=O) groups excluding carboxylic acids is 1. The Balaban J connectivity index is 2.48. The molecule has 0 aromatic carbocycles. The number of hydrogen-bond acceptors (Lipinski definition) is 5. The van der Waals surface area contributed by atoms with Gasteiger partial charge in [0.15, 0.2) is 0 Å². The number of alkyl halides is 2. The molecule has 0 aliphatic rings. The van der Waals surface area contributed by atoms with Crippen molar-refractivity contribution in [2.75, 3.05) is 19.8 Å². The van der Waals surface area contributed by atoms with Gasteiger partial charge in [-0.2, -0.15) is 8.78 Å². The molecule has 0 saturated heterocycles. The first-order valence-electron chi connectivity index (χ1n) is 5.53. The first-order valence-corrected chi connectivity index (χ1v) is 6.34. The van der Waals surface area contributed by atoms with Crippen LogP contribution in [0.4, 0.5) is 8.78 Å². The molecule has 2 N–H and O–H groups in total. The van der Waals surface area contributed by atoms with Crippen LogP contribution in [0.25, 0.3) is 0 Å². The maximum atomic E-state index is 12.2. The van der Waals surface area contributed by atoms with E-state index >= 15 is 0 Å². The minimum Gasteiger partial charge on any atom is -0.480 e. The summed E-state index contributed by atoms with van der Waals surface area (Å²) in [6.07, 6.45) is 0. The van der Waals surface area contributed by atoms with Crippen LogP contribution in [-0.4, -0.2) is 43.4 Å². The molecule has 112 valence electrons. The highest BCUT2D eigenvalue weighted by Gasteiger charge is 2.18. The number of halogens is 2. The molecule has 0 unspecified atom stereocenters. The highest BCUT2D eigenvalue weighted by molar-refractivity contribution is 7.14. The van der Waals surface area contributed by atoms with Crippen LogP contribution < -0.4 is 10.1 Å². The van der Waals surface area contributed by atoms with E-state index < -0.39 is 25.1 Å². The molecule has 1 amide bonds. The van der Waals surface area contributed by atoms with Crippen molar-refractivity contribution in [3.63, 3.8) is 0 Å². The van der Waals surface area contributed by atoms with Gasteiger partial charge in [0.2, 0.25) is 0 Å². The normalized spacial score (nSPS) is 10.6. The fourth-order valence-electron chi connectivity index (χ4n) is 1.31. The highest BCUT2D eigenvalue weighted by atomic mass is 32.1. The van der Waals surface area contributed by atoms with Crippen LogP contribution in [0.2, 0.25) is 0 Å². The second kappa shape index (κ2) is 7.75. The molecular weight excluding hydrogens is 296 g/mol. The second-order valence-corrected chi connectivity index (χ2v) is 4.89. The van der Waals surface area contributed by atoms with E-state index in [4.69, 9.17) is 9.84 Å². The van der Waals surface area contributed by atoms with Crippen LogP contribution in [0.5, 0.6) is 5.75 Å². The predicted molar refractivity (Wildman–Crippen MR) is 66.5 cm³/mol. The summed E-state index contributed by atoms with van der Waals surface area (Å²) in [7, 11) is 0. The quantitative estimate of drug-likeness (QED) is 0.711. The first-order chi connectivity index (χ1) is 9.40. The fraction of sp³-hybridized carbons (Fsp3) is 0.455. The summed E-state index contributed by atoms with van der Waals surface area (Å²) in [6, 6.07) is 1.35. The summed E-state index contributed by atoms with van der Waals surface area (Å²) in [6.45, 7) is -1.73. The Morgan fingerprint density at radius 1 is 1.50 bits per heavy atom. The van der Waals surface area contributed by atoms with E-state index in [1.165, 1.54) is 6.07 Å². The van der Waals surface area contributed by atoms with Gasteiger partial charge < -0.3 is 19.9 Å². The number of ether oxygens (including phenoxy) is 2. The number of amides is 1. The monoisotopic (exact) mass is 309 g/mol. The van der Waals surface area contributed by atoms with Gasteiger partial charge in [-0.05, 0) is 13.0 Å². The topological polar surface area (TPSA) is 84.9 Å². The zero-order valence-electron chi connectivity index (χ0n) is 10.5.